The minimum Gasteiger partial charge on any atom is -0.382 e. The third-order valence-corrected chi connectivity index (χ3v) is 11.3. The zero-order valence-corrected chi connectivity index (χ0v) is 29.5. The molecule has 0 saturated carbocycles. The predicted molar refractivity (Wildman–Crippen MR) is 197 cm³/mol. The van der Waals surface area contributed by atoms with Crippen LogP contribution >= 0.6 is 0 Å². The van der Waals surface area contributed by atoms with Crippen molar-refractivity contribution in [1.29, 1.82) is 0 Å². The van der Waals surface area contributed by atoms with Crippen LogP contribution in [0.2, 0.25) is 0 Å². The highest BCUT2D eigenvalue weighted by Crippen LogP contribution is 2.43. The first kappa shape index (κ1) is 38.7. The summed E-state index contributed by atoms with van der Waals surface area (Å²) < 4.78 is 0. The lowest BCUT2D eigenvalue weighted by Crippen LogP contribution is -2.47. The molecule has 0 fully saturated rings. The van der Waals surface area contributed by atoms with Crippen LogP contribution in [0.1, 0.15) is 38.5 Å². The van der Waals surface area contributed by atoms with Crippen molar-refractivity contribution >= 4 is 0 Å². The Morgan fingerprint density at radius 2 is 0.204 bits per heavy atom. The highest BCUT2D eigenvalue weighted by molar-refractivity contribution is 5.42. The lowest BCUT2D eigenvalue weighted by molar-refractivity contribution is 0.00260. The van der Waals surface area contributed by atoms with Crippen LogP contribution in [0.4, 0.5) is 0 Å². The minimum absolute atomic E-state index is 0.313. The summed E-state index contributed by atoms with van der Waals surface area (Å²) >= 11 is 0. The summed E-state index contributed by atoms with van der Waals surface area (Å²) in [5.74, 6) is 0. The molecule has 288 valence electrons. The molecule has 0 aromatic rings. The Labute approximate surface area is 312 Å². The molecule has 0 radical (unpaired) electrons. The molecule has 0 aromatic heterocycles. The smallest absolute Gasteiger partial charge is 0.104 e. The summed E-state index contributed by atoms with van der Waals surface area (Å²) in [6, 6.07) is 0. The topological polar surface area (TPSA) is 243 Å². The van der Waals surface area contributed by atoms with Gasteiger partial charge in [-0.2, -0.15) is 0 Å². The summed E-state index contributed by atoms with van der Waals surface area (Å²) in [5, 5.41) is 136. The van der Waals surface area contributed by atoms with Gasteiger partial charge in [0, 0.05) is 38.5 Å². The van der Waals surface area contributed by atoms with Crippen molar-refractivity contribution in [2.75, 3.05) is 0 Å². The van der Waals surface area contributed by atoms with Gasteiger partial charge >= 0.3 is 0 Å². The lowest BCUT2D eigenvalue weighted by atomic mass is 9.72. The SMILES string of the molecule is OC12C=CC(O)(C=C1)CC1(O)C=CC(O)(C=C1)CC1(O)C=CC(O)(C=C1)CC1(O)C=CC(O)(C=C1)CC1(O)C=CC(O)(C=C1)CC1(O)C=CC(O)(C=C1)C2. The van der Waals surface area contributed by atoms with Crippen LogP contribution in [0.5, 0.6) is 0 Å². The molecule has 16 aliphatic carbocycles. The van der Waals surface area contributed by atoms with E-state index in [1.54, 1.807) is 0 Å². The molecular weight excluding hydrogens is 696 g/mol. The fourth-order valence-electron chi connectivity index (χ4n) is 8.27. The Hall–Kier alpha value is -3.60. The molecule has 12 nitrogen and oxygen atoms in total. The van der Waals surface area contributed by atoms with Gasteiger partial charge in [-0.3, -0.25) is 0 Å². The van der Waals surface area contributed by atoms with Gasteiger partial charge in [0.05, 0.1) is 0 Å². The van der Waals surface area contributed by atoms with E-state index < -0.39 is 67.2 Å². The van der Waals surface area contributed by atoms with E-state index >= 15 is 0 Å². The largest absolute Gasteiger partial charge is 0.382 e. The number of hydrogen-bond donors (Lipinski definition) is 12. The van der Waals surface area contributed by atoms with E-state index in [1.807, 2.05) is 0 Å². The first-order valence-corrected chi connectivity index (χ1v) is 17.9. The van der Waals surface area contributed by atoms with Crippen LogP contribution in [-0.2, 0) is 0 Å². The average molecular weight is 745 g/mol. The third-order valence-electron chi connectivity index (χ3n) is 11.3. The molecule has 0 spiro atoms. The molecule has 16 aliphatic rings. The van der Waals surface area contributed by atoms with Gasteiger partial charge < -0.3 is 61.3 Å². The van der Waals surface area contributed by atoms with Crippen molar-refractivity contribution in [3.8, 4) is 0 Å². The maximum atomic E-state index is 11.3. The summed E-state index contributed by atoms with van der Waals surface area (Å²) in [5.41, 5.74) is -21.0. The number of aliphatic hydroxyl groups is 12. The van der Waals surface area contributed by atoms with E-state index in [-0.39, 0.29) is 38.5 Å². The normalized spacial score (nSPS) is 53.1. The molecule has 0 aliphatic heterocycles. The molecule has 16 rings (SSSR count). The van der Waals surface area contributed by atoms with Crippen LogP contribution in [0.3, 0.4) is 0 Å². The Kier molecular flexibility index (Phi) is 8.56. The van der Waals surface area contributed by atoms with Crippen molar-refractivity contribution in [3.63, 3.8) is 0 Å². The van der Waals surface area contributed by atoms with E-state index in [2.05, 4.69) is 0 Å². The first-order valence-electron chi connectivity index (χ1n) is 17.9. The van der Waals surface area contributed by atoms with E-state index in [4.69, 9.17) is 0 Å². The van der Waals surface area contributed by atoms with Crippen LogP contribution in [-0.4, -0.2) is 128 Å². The summed E-state index contributed by atoms with van der Waals surface area (Å²) in [7, 11) is 0. The minimum atomic E-state index is -1.75. The van der Waals surface area contributed by atoms with Crippen LogP contribution in [0.15, 0.2) is 146 Å². The van der Waals surface area contributed by atoms with Crippen molar-refractivity contribution in [1.82, 2.24) is 0 Å². The standard InChI is InChI=1S/C42H48O12/c43-31-1-2-32(44,4-3-31)26-34(46)9-11-36(48,12-10-34)28-38(50)17-19-40(52,20-18-38)30-42(54)23-21-41(53,22-24-42)29-39(51)15-13-37(49,14-16-39)27-35(47)7-5-33(45,25-31)6-8-35/h1-24,43-54H,25-30H2. The van der Waals surface area contributed by atoms with Crippen LogP contribution < -0.4 is 0 Å². The Balaban J connectivity index is 1.18. The van der Waals surface area contributed by atoms with Gasteiger partial charge in [0.25, 0.3) is 0 Å². The van der Waals surface area contributed by atoms with Crippen LogP contribution in [0, 0.1) is 0 Å². The third kappa shape index (κ3) is 8.03. The van der Waals surface area contributed by atoms with E-state index in [9.17, 15) is 61.3 Å². The van der Waals surface area contributed by atoms with Crippen molar-refractivity contribution in [2.45, 2.75) is 106 Å². The molecule has 0 saturated heterocycles. The zero-order chi connectivity index (χ0) is 39.2. The maximum Gasteiger partial charge on any atom is 0.104 e. The average Bonchev–Trinajstić information content (AvgIpc) is 3.07. The lowest BCUT2D eigenvalue weighted by Gasteiger charge is -2.41. The van der Waals surface area contributed by atoms with Crippen molar-refractivity contribution in [2.24, 2.45) is 0 Å². The second kappa shape index (κ2) is 12.0. The second-order valence-corrected chi connectivity index (χ2v) is 17.0. The summed E-state index contributed by atoms with van der Waals surface area (Å²) in [4.78, 5) is 0. The van der Waals surface area contributed by atoms with Gasteiger partial charge in [-0.1, -0.05) is 0 Å². The highest BCUT2D eigenvalue weighted by Gasteiger charge is 2.47. The Bertz CT molecular complexity index is 1370. The molecule has 0 aromatic carbocycles. The van der Waals surface area contributed by atoms with E-state index in [1.165, 1.54) is 146 Å². The maximum absolute atomic E-state index is 11.3. The molecule has 0 heterocycles. The van der Waals surface area contributed by atoms with E-state index in [0.29, 0.717) is 0 Å². The Morgan fingerprint density at radius 3 is 0.259 bits per heavy atom. The number of rotatable bonds is 0. The molecule has 12 N–H and O–H groups in total. The van der Waals surface area contributed by atoms with Gasteiger partial charge in [0.15, 0.2) is 0 Å². The first-order chi connectivity index (χ1) is 24.7. The van der Waals surface area contributed by atoms with E-state index in [0.717, 1.165) is 0 Å². The van der Waals surface area contributed by atoms with Crippen molar-refractivity contribution < 1.29 is 61.3 Å². The van der Waals surface area contributed by atoms with Gasteiger partial charge in [-0.15, -0.1) is 0 Å². The Morgan fingerprint density at radius 1 is 0.148 bits per heavy atom. The van der Waals surface area contributed by atoms with Gasteiger partial charge in [-0.25, -0.2) is 0 Å². The summed E-state index contributed by atoms with van der Waals surface area (Å²) in [6.07, 6.45) is 29.0. The molecular formula is C42H48O12. The molecule has 0 unspecified atom stereocenters. The predicted octanol–water partition coefficient (Wildman–Crippen LogP) is -0.130. The zero-order valence-electron chi connectivity index (χ0n) is 29.5. The monoisotopic (exact) mass is 744 g/mol. The molecule has 12 heteroatoms. The fourth-order valence-corrected chi connectivity index (χ4v) is 8.27. The molecule has 0 atom stereocenters. The summed E-state index contributed by atoms with van der Waals surface area (Å²) in [6.45, 7) is 0. The van der Waals surface area contributed by atoms with Gasteiger partial charge in [-0.05, 0) is 146 Å². The second-order valence-electron chi connectivity index (χ2n) is 17.0. The highest BCUT2D eigenvalue weighted by atomic mass is 16.3. The fraction of sp³-hybridized carbons (Fsp3) is 0.429. The molecule has 12 bridgehead atoms. The number of hydrogen-bond acceptors (Lipinski definition) is 12. The van der Waals surface area contributed by atoms with Gasteiger partial charge in [0.2, 0.25) is 0 Å². The molecule has 54 heavy (non-hydrogen) atoms. The van der Waals surface area contributed by atoms with Gasteiger partial charge in [0.1, 0.15) is 67.2 Å². The van der Waals surface area contributed by atoms with Crippen molar-refractivity contribution in [3.05, 3.63) is 146 Å². The van der Waals surface area contributed by atoms with Crippen LogP contribution in [0.25, 0.3) is 0 Å². The molecule has 0 amide bonds. The quantitative estimate of drug-likeness (QED) is 0.145.